The topological polar surface area (TPSA) is 84.3 Å². The van der Waals surface area contributed by atoms with Gasteiger partial charge in [0.1, 0.15) is 17.7 Å². The van der Waals surface area contributed by atoms with Gasteiger partial charge >= 0.3 is 0 Å². The van der Waals surface area contributed by atoms with Gasteiger partial charge < -0.3 is 14.7 Å². The maximum Gasteiger partial charge on any atom is 0.242 e. The lowest BCUT2D eigenvalue weighted by molar-refractivity contribution is 0.166. The van der Waals surface area contributed by atoms with Gasteiger partial charge in [-0.3, -0.25) is 0 Å². The summed E-state index contributed by atoms with van der Waals surface area (Å²) < 4.78 is 33.5. The van der Waals surface area contributed by atoms with Crippen LogP contribution in [-0.2, 0) is 0 Å². The number of thiol groups is 3. The molecule has 0 amide bonds. The van der Waals surface area contributed by atoms with E-state index in [-0.39, 0.29) is 35.1 Å². The zero-order valence-electron chi connectivity index (χ0n) is 20.7. The number of rotatable bonds is 8. The second-order valence-electron chi connectivity index (χ2n) is 9.86. The summed E-state index contributed by atoms with van der Waals surface area (Å²) in [7, 11) is 0. The van der Waals surface area contributed by atoms with E-state index in [1.165, 1.54) is 12.1 Å². The van der Waals surface area contributed by atoms with Crippen LogP contribution in [0.25, 0.3) is 22.5 Å². The minimum absolute atomic E-state index is 0.0621. The lowest BCUT2D eigenvalue weighted by Crippen LogP contribution is -2.47. The molecule has 2 saturated carbocycles. The molecule has 1 N–H and O–H groups in total. The van der Waals surface area contributed by atoms with E-state index in [1.807, 2.05) is 0 Å². The summed E-state index contributed by atoms with van der Waals surface area (Å²) in [5.41, 5.74) is 0.883. The predicted molar refractivity (Wildman–Crippen MR) is 152 cm³/mol. The molecule has 3 atom stereocenters. The molecular formula is C26H29F2N5O2S3. The molecule has 2 fully saturated rings. The van der Waals surface area contributed by atoms with Crippen LogP contribution in [0, 0.1) is 11.7 Å². The van der Waals surface area contributed by atoms with Crippen molar-refractivity contribution in [2.24, 2.45) is 5.92 Å². The van der Waals surface area contributed by atoms with E-state index < -0.39 is 15.6 Å². The lowest BCUT2D eigenvalue weighted by atomic mass is 9.82. The standard InChI is InChI=1S/C26H29F2N5O2S3/c1-2-14-3-8-19(27)21(9-14)33(16-5-6-16)23-13-30-25(32-31-23)17-7-4-15(10-22(17)34)18-11-24(29-12-20(18)28)35-26(36,37)38/h4,7,10-14,16,19,21,34,36-38H,2-3,5-6,8-9H2,1H3/t14-,19+,21-/m1/s1. The van der Waals surface area contributed by atoms with Gasteiger partial charge in [0.15, 0.2) is 11.6 Å². The van der Waals surface area contributed by atoms with Crippen molar-refractivity contribution in [3.63, 3.8) is 0 Å². The summed E-state index contributed by atoms with van der Waals surface area (Å²) >= 11 is 12.2. The van der Waals surface area contributed by atoms with Crippen LogP contribution in [0.3, 0.4) is 0 Å². The Labute approximate surface area is 236 Å². The fourth-order valence-electron chi connectivity index (χ4n) is 5.07. The summed E-state index contributed by atoms with van der Waals surface area (Å²) in [6.07, 6.45) is 7.03. The second kappa shape index (κ2) is 11.1. The van der Waals surface area contributed by atoms with E-state index in [9.17, 15) is 13.9 Å². The van der Waals surface area contributed by atoms with Crippen LogP contribution in [0.15, 0.2) is 36.7 Å². The first-order valence-corrected chi connectivity index (χ1v) is 13.9. The number of phenolic OH excluding ortho intramolecular Hbond substituents is 1. The highest BCUT2D eigenvalue weighted by atomic mass is 32.2. The summed E-state index contributed by atoms with van der Waals surface area (Å²) in [6, 6.07) is 6.02. The molecule has 7 nitrogen and oxygen atoms in total. The Morgan fingerprint density at radius 1 is 1.05 bits per heavy atom. The number of phenols is 1. The molecule has 0 saturated heterocycles. The number of pyridine rings is 1. The molecular weight excluding hydrogens is 549 g/mol. The molecule has 1 aromatic carbocycles. The van der Waals surface area contributed by atoms with E-state index in [4.69, 9.17) is 4.74 Å². The molecule has 3 aromatic rings. The van der Waals surface area contributed by atoms with Gasteiger partial charge in [-0.25, -0.2) is 18.7 Å². The molecule has 0 spiro atoms. The van der Waals surface area contributed by atoms with E-state index in [2.05, 4.69) is 69.9 Å². The van der Waals surface area contributed by atoms with Crippen molar-refractivity contribution in [1.82, 2.24) is 20.2 Å². The number of anilines is 1. The number of benzene rings is 1. The quantitative estimate of drug-likeness (QED) is 0.190. The molecule has 0 radical (unpaired) electrons. The van der Waals surface area contributed by atoms with Crippen LogP contribution >= 0.6 is 37.9 Å². The maximum atomic E-state index is 15.0. The minimum Gasteiger partial charge on any atom is -0.507 e. The van der Waals surface area contributed by atoms with Gasteiger partial charge in [-0.1, -0.05) is 19.4 Å². The summed E-state index contributed by atoms with van der Waals surface area (Å²) in [4.78, 5) is 10.4. The zero-order chi connectivity index (χ0) is 27.0. The summed E-state index contributed by atoms with van der Waals surface area (Å²) in [5.74, 6) is 0.583. The number of aromatic nitrogens is 4. The lowest BCUT2D eigenvalue weighted by Gasteiger charge is -2.40. The van der Waals surface area contributed by atoms with Crippen LogP contribution in [0.2, 0.25) is 0 Å². The molecule has 2 heterocycles. The third kappa shape index (κ3) is 6.12. The first-order chi connectivity index (χ1) is 18.1. The van der Waals surface area contributed by atoms with Crippen molar-refractivity contribution < 1.29 is 18.6 Å². The summed E-state index contributed by atoms with van der Waals surface area (Å²) in [5, 5.41) is 19.4. The third-order valence-electron chi connectivity index (χ3n) is 7.15. The van der Waals surface area contributed by atoms with Crippen LogP contribution < -0.4 is 9.64 Å². The van der Waals surface area contributed by atoms with Crippen molar-refractivity contribution in [3.05, 3.63) is 42.5 Å². The Kier molecular flexibility index (Phi) is 7.93. The third-order valence-corrected chi connectivity index (χ3v) is 7.43. The molecule has 12 heteroatoms. The highest BCUT2D eigenvalue weighted by Crippen LogP contribution is 2.40. The molecule has 0 bridgehead atoms. The molecule has 5 rings (SSSR count). The largest absolute Gasteiger partial charge is 0.507 e. The first kappa shape index (κ1) is 27.3. The number of nitrogens with zero attached hydrogens (tertiary/aromatic N) is 5. The molecule has 2 aliphatic carbocycles. The van der Waals surface area contributed by atoms with Crippen LogP contribution in [0.5, 0.6) is 11.6 Å². The zero-order valence-corrected chi connectivity index (χ0v) is 23.4. The van der Waals surface area contributed by atoms with Crippen molar-refractivity contribution in [1.29, 1.82) is 0 Å². The molecule has 38 heavy (non-hydrogen) atoms. The smallest absolute Gasteiger partial charge is 0.242 e. The highest BCUT2D eigenvalue weighted by Gasteiger charge is 2.41. The number of hydrogen-bond donors (Lipinski definition) is 4. The number of hydrogen-bond acceptors (Lipinski definition) is 10. The molecule has 0 unspecified atom stereocenters. The predicted octanol–water partition coefficient (Wildman–Crippen LogP) is 6.11. The maximum absolute atomic E-state index is 15.0. The van der Waals surface area contributed by atoms with Crippen LogP contribution in [0.4, 0.5) is 14.6 Å². The van der Waals surface area contributed by atoms with Crippen LogP contribution in [0.1, 0.15) is 45.4 Å². The van der Waals surface area contributed by atoms with Gasteiger partial charge in [-0.2, -0.15) is 0 Å². The molecule has 0 aliphatic heterocycles. The molecule has 2 aliphatic rings. The van der Waals surface area contributed by atoms with Gasteiger partial charge in [-0.15, -0.1) is 48.1 Å². The fraction of sp³-hybridized carbons (Fsp3) is 0.462. The van der Waals surface area contributed by atoms with E-state index in [1.54, 1.807) is 18.3 Å². The Hall–Kier alpha value is -2.31. The van der Waals surface area contributed by atoms with E-state index in [0.717, 1.165) is 38.3 Å². The average Bonchev–Trinajstić information content (AvgIpc) is 3.71. The Bertz CT molecular complexity index is 1290. The van der Waals surface area contributed by atoms with Crippen molar-refractivity contribution in [2.45, 2.75) is 67.3 Å². The fourth-order valence-corrected chi connectivity index (χ4v) is 5.35. The van der Waals surface area contributed by atoms with E-state index >= 15 is 0 Å². The van der Waals surface area contributed by atoms with E-state index in [0.29, 0.717) is 29.3 Å². The van der Waals surface area contributed by atoms with Gasteiger partial charge in [0.2, 0.25) is 9.48 Å². The monoisotopic (exact) mass is 577 g/mol. The van der Waals surface area contributed by atoms with Crippen molar-refractivity contribution in [3.8, 4) is 34.1 Å². The Morgan fingerprint density at radius 3 is 2.47 bits per heavy atom. The number of halogens is 2. The normalized spacial score (nSPS) is 21.8. The van der Waals surface area contributed by atoms with Crippen molar-refractivity contribution >= 4 is 43.7 Å². The molecule has 2 aromatic heterocycles. The van der Waals surface area contributed by atoms with Crippen molar-refractivity contribution in [2.75, 3.05) is 4.90 Å². The summed E-state index contributed by atoms with van der Waals surface area (Å²) in [6.45, 7) is 2.15. The highest BCUT2D eigenvalue weighted by molar-refractivity contribution is 8.16. The SMILES string of the molecule is CC[C@@H]1CC[C@H](F)[C@H](N(c2cnc(-c3ccc(-c4cc(OC(S)(S)S)ncc4F)cc3O)nn2)C2CC2)C1. The van der Waals surface area contributed by atoms with Crippen LogP contribution in [-0.4, -0.2) is 47.1 Å². The number of alkyl halides is 1. The average molecular weight is 578 g/mol. The first-order valence-electron chi connectivity index (χ1n) is 12.6. The Balaban J connectivity index is 1.39. The number of aromatic hydroxyl groups is 1. The molecule has 202 valence electrons. The van der Waals surface area contributed by atoms with Gasteiger partial charge in [-0.05, 0) is 55.7 Å². The van der Waals surface area contributed by atoms with Gasteiger partial charge in [0.25, 0.3) is 0 Å². The minimum atomic E-state index is -1.40. The van der Waals surface area contributed by atoms with Gasteiger partial charge in [0.05, 0.1) is 24.0 Å². The Morgan fingerprint density at radius 2 is 1.84 bits per heavy atom. The number of ether oxygens (including phenoxy) is 1. The van der Waals surface area contributed by atoms with Gasteiger partial charge in [0, 0.05) is 17.7 Å². The second-order valence-corrected chi connectivity index (χ2v) is 12.8.